The minimum Gasteiger partial charge on any atom is -0.393 e. The summed E-state index contributed by atoms with van der Waals surface area (Å²) in [6.45, 7) is 11.1. The molecule has 7 rings (SSSR count). The first-order valence-corrected chi connectivity index (χ1v) is 17.4. The van der Waals surface area contributed by atoms with E-state index in [1.807, 2.05) is 18.2 Å². The molecule has 2 aromatic carbocycles. The van der Waals surface area contributed by atoms with Gasteiger partial charge in [0.15, 0.2) is 17.7 Å². The fourth-order valence-electron chi connectivity index (χ4n) is 9.75. The van der Waals surface area contributed by atoms with Crippen LogP contribution in [0.3, 0.4) is 0 Å². The Bertz CT molecular complexity index is 1550. The normalized spacial score (nSPS) is 39.4. The molecular weight excluding hydrogens is 568 g/mol. The molecule has 6 heteroatoms. The van der Waals surface area contributed by atoms with Gasteiger partial charge >= 0.3 is 0 Å². The van der Waals surface area contributed by atoms with E-state index in [0.29, 0.717) is 12.2 Å². The second-order valence-electron chi connectivity index (χ2n) is 15.7. The minimum atomic E-state index is -1.11. The van der Waals surface area contributed by atoms with E-state index < -0.39 is 23.4 Å². The van der Waals surface area contributed by atoms with Gasteiger partial charge in [-0.1, -0.05) is 100 Å². The lowest BCUT2D eigenvalue weighted by Crippen LogP contribution is -2.62. The number of allylic oxidation sites excluding steroid dienone is 4. The Morgan fingerprint density at radius 3 is 2.66 bits per heavy atom. The lowest BCUT2D eigenvalue weighted by molar-refractivity contribution is -0.194. The van der Waals surface area contributed by atoms with Gasteiger partial charge in [0, 0.05) is 22.5 Å². The van der Waals surface area contributed by atoms with Crippen LogP contribution in [-0.4, -0.2) is 40.1 Å². The zero-order valence-electron chi connectivity index (χ0n) is 26.7. The predicted octanol–water partition coefficient (Wildman–Crippen LogP) is 7.79. The summed E-state index contributed by atoms with van der Waals surface area (Å²) >= 11 is 1.35. The van der Waals surface area contributed by atoms with Crippen LogP contribution < -0.4 is 0 Å². The van der Waals surface area contributed by atoms with Gasteiger partial charge in [0.25, 0.3) is 0 Å². The van der Waals surface area contributed by atoms with Gasteiger partial charge in [-0.3, -0.25) is 9.59 Å². The zero-order chi connectivity index (χ0) is 31.1. The first kappa shape index (κ1) is 30.4. The van der Waals surface area contributed by atoms with Crippen molar-refractivity contribution in [2.45, 2.75) is 103 Å². The van der Waals surface area contributed by atoms with Gasteiger partial charge in [0.05, 0.1) is 12.2 Å². The van der Waals surface area contributed by atoms with Gasteiger partial charge in [-0.15, -0.1) is 0 Å². The Morgan fingerprint density at radius 2 is 1.89 bits per heavy atom. The lowest BCUT2D eigenvalue weighted by Gasteiger charge is -2.59. The Morgan fingerprint density at radius 1 is 1.11 bits per heavy atom. The van der Waals surface area contributed by atoms with Crippen molar-refractivity contribution in [1.29, 1.82) is 0 Å². The summed E-state index contributed by atoms with van der Waals surface area (Å²) in [6, 6.07) is 14.7. The van der Waals surface area contributed by atoms with Crippen molar-refractivity contribution >= 4 is 33.4 Å². The summed E-state index contributed by atoms with van der Waals surface area (Å²) in [7, 11) is 0. The third-order valence-electron chi connectivity index (χ3n) is 11.9. The number of aliphatic hydroxyl groups excluding tert-OH is 1. The average Bonchev–Trinajstić information content (AvgIpc) is 3.47. The summed E-state index contributed by atoms with van der Waals surface area (Å²) in [5.41, 5.74) is 0.356. The summed E-state index contributed by atoms with van der Waals surface area (Å²) in [4.78, 5) is 27.0. The smallest absolute Gasteiger partial charge is 0.224 e. The molecule has 4 fully saturated rings. The van der Waals surface area contributed by atoms with Crippen LogP contribution in [0.5, 0.6) is 0 Å². The number of fused-ring (bicyclic) bond motifs is 8. The van der Waals surface area contributed by atoms with Crippen LogP contribution in [0.4, 0.5) is 0 Å². The van der Waals surface area contributed by atoms with Crippen LogP contribution in [0.2, 0.25) is 0 Å². The van der Waals surface area contributed by atoms with Crippen molar-refractivity contribution in [3.8, 4) is 0 Å². The minimum absolute atomic E-state index is 0.00200. The second-order valence-corrected chi connectivity index (χ2v) is 16.7. The van der Waals surface area contributed by atoms with Gasteiger partial charge in [0.1, 0.15) is 0 Å². The molecule has 0 amide bonds. The van der Waals surface area contributed by atoms with Crippen molar-refractivity contribution in [2.24, 2.45) is 34.0 Å². The molecule has 1 N–H and O–H groups in total. The van der Waals surface area contributed by atoms with E-state index in [1.54, 1.807) is 12.2 Å². The Hall–Kier alpha value is -2.25. The van der Waals surface area contributed by atoms with Crippen molar-refractivity contribution in [3.63, 3.8) is 0 Å². The number of hydrogen-bond donors (Lipinski definition) is 1. The number of benzene rings is 2. The van der Waals surface area contributed by atoms with Crippen LogP contribution in [0.1, 0.15) is 78.7 Å². The molecule has 1 heterocycles. The number of hydrogen-bond acceptors (Lipinski definition) is 6. The zero-order valence-corrected chi connectivity index (χ0v) is 27.5. The molecule has 0 bridgehead atoms. The van der Waals surface area contributed by atoms with Crippen LogP contribution in [0.15, 0.2) is 66.3 Å². The summed E-state index contributed by atoms with van der Waals surface area (Å²) in [6.07, 6.45) is 8.80. The van der Waals surface area contributed by atoms with E-state index in [9.17, 15) is 14.7 Å². The highest BCUT2D eigenvalue weighted by Crippen LogP contribution is 2.70. The Kier molecular flexibility index (Phi) is 7.36. The molecule has 4 aliphatic carbocycles. The fraction of sp³-hybridized carbons (Fsp3) is 0.579. The molecule has 1 aliphatic heterocycles. The van der Waals surface area contributed by atoms with Gasteiger partial charge in [-0.05, 0) is 84.3 Å². The second kappa shape index (κ2) is 10.7. The monoisotopic (exact) mass is 614 g/mol. The molecule has 234 valence electrons. The third-order valence-corrected chi connectivity index (χ3v) is 12.9. The van der Waals surface area contributed by atoms with Crippen molar-refractivity contribution < 1.29 is 24.2 Å². The standard InChI is InChI=1S/C38H46O5S/c1-35(2,3)16-15-32-42-31-20-29-28-13-12-26-19-27(39)14-17-36(26,4)33(28)30(40)21-37(29,5)38(31,43-32)34(41)44-22-23-10-11-24-8-6-7-9-25(24)18-23/h6-11,14,17-19,28-33,40H,12-13,15-16,20-22H2,1-5H3/t28?,29?,30-,31-,32?,33?,36?,37?,38-/m0/s1. The molecule has 0 spiro atoms. The van der Waals surface area contributed by atoms with Crippen molar-refractivity contribution in [3.05, 3.63) is 71.8 Å². The quantitative estimate of drug-likeness (QED) is 0.371. The van der Waals surface area contributed by atoms with Crippen LogP contribution in [-0.2, 0) is 24.8 Å². The van der Waals surface area contributed by atoms with E-state index in [4.69, 9.17) is 9.47 Å². The molecule has 9 atom stereocenters. The van der Waals surface area contributed by atoms with Crippen molar-refractivity contribution in [1.82, 2.24) is 0 Å². The Balaban J connectivity index is 1.21. The SMILES string of the molecule is CC(C)(C)CCC1O[C@H]2CC3C4CCC5=CC(=O)C=CC5(C)C4[C@@H](O)CC3(C)[C@]2(C(=O)SCc2ccc3ccccc3c2)O1. The maximum absolute atomic E-state index is 14.7. The van der Waals surface area contributed by atoms with Crippen LogP contribution in [0, 0.1) is 34.0 Å². The molecule has 0 aromatic heterocycles. The number of rotatable bonds is 5. The summed E-state index contributed by atoms with van der Waals surface area (Å²) in [5, 5.41) is 14.4. The molecule has 44 heavy (non-hydrogen) atoms. The predicted molar refractivity (Wildman–Crippen MR) is 175 cm³/mol. The summed E-state index contributed by atoms with van der Waals surface area (Å²) in [5.74, 6) is 0.994. The number of aliphatic hydroxyl groups is 1. The van der Waals surface area contributed by atoms with E-state index in [2.05, 4.69) is 65.0 Å². The highest BCUT2D eigenvalue weighted by Gasteiger charge is 2.76. The van der Waals surface area contributed by atoms with E-state index in [-0.39, 0.29) is 45.6 Å². The van der Waals surface area contributed by atoms with Crippen LogP contribution in [0.25, 0.3) is 10.8 Å². The maximum Gasteiger partial charge on any atom is 0.224 e. The molecule has 2 aromatic rings. The molecule has 5 nitrogen and oxygen atoms in total. The van der Waals surface area contributed by atoms with Gasteiger partial charge < -0.3 is 14.6 Å². The number of thioether (sulfide) groups is 1. The number of ketones is 1. The highest BCUT2D eigenvalue weighted by atomic mass is 32.2. The van der Waals surface area contributed by atoms with E-state index in [0.717, 1.165) is 43.2 Å². The van der Waals surface area contributed by atoms with Gasteiger partial charge in [-0.25, -0.2) is 0 Å². The van der Waals surface area contributed by atoms with Gasteiger partial charge in [0.2, 0.25) is 5.12 Å². The average molecular weight is 615 g/mol. The maximum atomic E-state index is 14.7. The molecular formula is C38H46O5S. The number of carbonyl (C=O) groups is 2. The number of ether oxygens (including phenoxy) is 2. The van der Waals surface area contributed by atoms with E-state index in [1.165, 1.54) is 22.5 Å². The first-order valence-electron chi connectivity index (χ1n) is 16.4. The highest BCUT2D eigenvalue weighted by molar-refractivity contribution is 8.13. The third kappa shape index (κ3) is 4.70. The van der Waals surface area contributed by atoms with Crippen molar-refractivity contribution in [2.75, 3.05) is 0 Å². The topological polar surface area (TPSA) is 72.8 Å². The first-order chi connectivity index (χ1) is 20.8. The molecule has 3 saturated carbocycles. The Labute approximate surface area is 265 Å². The number of carbonyl (C=O) groups excluding carboxylic acids is 2. The van der Waals surface area contributed by atoms with Crippen LogP contribution >= 0.6 is 11.8 Å². The molecule has 5 aliphatic rings. The molecule has 0 radical (unpaired) electrons. The largest absolute Gasteiger partial charge is 0.393 e. The summed E-state index contributed by atoms with van der Waals surface area (Å²) < 4.78 is 13.7. The molecule has 1 saturated heterocycles. The van der Waals surface area contributed by atoms with Gasteiger partial charge in [-0.2, -0.15) is 0 Å². The van der Waals surface area contributed by atoms with E-state index >= 15 is 0 Å². The fourth-order valence-corrected chi connectivity index (χ4v) is 10.9. The lowest BCUT2D eigenvalue weighted by atomic mass is 9.46. The molecule has 6 unspecified atom stereocenters.